The van der Waals surface area contributed by atoms with Gasteiger partial charge in [0, 0.05) is 24.3 Å². The van der Waals surface area contributed by atoms with Crippen LogP contribution in [0.4, 0.5) is 10.1 Å². The van der Waals surface area contributed by atoms with Crippen molar-refractivity contribution in [3.05, 3.63) is 47.4 Å². The molecule has 0 aliphatic rings. The SMILES string of the molecule is CCN(CC)S(=O)(=O)c1ccc2nnc(S[C@H](C)C(=O)Nc3ccc(Cl)cc3F)n2c1. The standard InChI is InChI=1S/C19H21ClFN5O3S2/c1-4-25(5-2)31(28,29)14-7-9-17-23-24-19(26(17)11-14)30-12(3)18(27)22-16-8-6-13(20)10-15(16)21/h6-12H,4-5H2,1-3H3,(H,22,27)/t12-/m1/s1. The third-order valence-corrected chi connectivity index (χ3v) is 7.85. The number of halogens is 2. The first-order valence-electron chi connectivity index (χ1n) is 9.44. The molecule has 8 nitrogen and oxygen atoms in total. The minimum atomic E-state index is -3.67. The summed E-state index contributed by atoms with van der Waals surface area (Å²) in [6, 6.07) is 7.00. The zero-order valence-corrected chi connectivity index (χ0v) is 19.4. The van der Waals surface area contributed by atoms with Crippen LogP contribution >= 0.6 is 23.4 Å². The molecule has 0 saturated heterocycles. The largest absolute Gasteiger partial charge is 0.323 e. The Labute approximate surface area is 188 Å². The molecule has 1 N–H and O–H groups in total. The van der Waals surface area contributed by atoms with Gasteiger partial charge >= 0.3 is 0 Å². The molecule has 3 aromatic rings. The number of fused-ring (bicyclic) bond motifs is 1. The Bertz CT molecular complexity index is 1210. The molecule has 0 unspecified atom stereocenters. The number of nitrogens with one attached hydrogen (secondary N) is 1. The number of aromatic nitrogens is 3. The molecule has 2 heterocycles. The molecule has 31 heavy (non-hydrogen) atoms. The molecule has 0 spiro atoms. The molecular weight excluding hydrogens is 465 g/mol. The molecule has 12 heteroatoms. The van der Waals surface area contributed by atoms with Crippen molar-refractivity contribution in [1.29, 1.82) is 0 Å². The van der Waals surface area contributed by atoms with Crippen molar-refractivity contribution in [3.8, 4) is 0 Å². The van der Waals surface area contributed by atoms with Gasteiger partial charge in [0.25, 0.3) is 0 Å². The lowest BCUT2D eigenvalue weighted by Crippen LogP contribution is -2.30. The van der Waals surface area contributed by atoms with Gasteiger partial charge in [-0.2, -0.15) is 4.31 Å². The third kappa shape index (κ3) is 5.00. The van der Waals surface area contributed by atoms with E-state index in [9.17, 15) is 17.6 Å². The maximum atomic E-state index is 13.9. The monoisotopic (exact) mass is 485 g/mol. The number of carbonyl (C=O) groups is 1. The van der Waals surface area contributed by atoms with E-state index in [0.29, 0.717) is 23.9 Å². The average molecular weight is 486 g/mol. The molecule has 0 aliphatic carbocycles. The van der Waals surface area contributed by atoms with Crippen LogP contribution < -0.4 is 5.32 Å². The van der Waals surface area contributed by atoms with E-state index in [4.69, 9.17) is 11.6 Å². The molecule has 166 valence electrons. The fraction of sp³-hybridized carbons (Fsp3) is 0.316. The van der Waals surface area contributed by atoms with Crippen LogP contribution in [-0.4, -0.2) is 51.6 Å². The first-order chi connectivity index (χ1) is 14.7. The quantitative estimate of drug-likeness (QED) is 0.489. The average Bonchev–Trinajstić information content (AvgIpc) is 3.12. The number of carbonyl (C=O) groups excluding carboxylic acids is 1. The fourth-order valence-corrected chi connectivity index (χ4v) is 5.28. The van der Waals surface area contributed by atoms with Crippen molar-refractivity contribution in [2.45, 2.75) is 36.1 Å². The highest BCUT2D eigenvalue weighted by atomic mass is 35.5. The Morgan fingerprint density at radius 3 is 2.61 bits per heavy atom. The van der Waals surface area contributed by atoms with Gasteiger partial charge in [-0.3, -0.25) is 9.20 Å². The molecular formula is C19H21ClFN5O3S2. The van der Waals surface area contributed by atoms with Crippen LogP contribution in [0, 0.1) is 5.82 Å². The summed E-state index contributed by atoms with van der Waals surface area (Å²) in [5.74, 6) is -1.09. The van der Waals surface area contributed by atoms with Crippen LogP contribution in [0.3, 0.4) is 0 Å². The lowest BCUT2D eigenvalue weighted by atomic mass is 10.3. The molecule has 0 bridgehead atoms. The van der Waals surface area contributed by atoms with Crippen molar-refractivity contribution in [2.24, 2.45) is 0 Å². The Morgan fingerprint density at radius 1 is 1.26 bits per heavy atom. The minimum Gasteiger partial charge on any atom is -0.323 e. The first-order valence-corrected chi connectivity index (χ1v) is 12.1. The second-order valence-electron chi connectivity index (χ2n) is 6.54. The van der Waals surface area contributed by atoms with Crippen molar-refractivity contribution in [1.82, 2.24) is 18.9 Å². The number of benzene rings is 1. The van der Waals surface area contributed by atoms with E-state index >= 15 is 0 Å². The highest BCUT2D eigenvalue weighted by Crippen LogP contribution is 2.26. The Kier molecular flexibility index (Phi) is 7.20. The molecule has 2 aromatic heterocycles. The van der Waals surface area contributed by atoms with Crippen LogP contribution in [-0.2, 0) is 14.8 Å². The summed E-state index contributed by atoms with van der Waals surface area (Å²) >= 11 is 6.80. The minimum absolute atomic E-state index is 0.0144. The molecule has 0 radical (unpaired) electrons. The van der Waals surface area contributed by atoms with Gasteiger partial charge in [-0.15, -0.1) is 10.2 Å². The number of anilines is 1. The van der Waals surface area contributed by atoms with Gasteiger partial charge in [0.15, 0.2) is 10.8 Å². The summed E-state index contributed by atoms with van der Waals surface area (Å²) in [5.41, 5.74) is 0.456. The van der Waals surface area contributed by atoms with Crippen molar-refractivity contribution >= 4 is 50.6 Å². The second-order valence-corrected chi connectivity index (χ2v) is 10.2. The highest BCUT2D eigenvalue weighted by Gasteiger charge is 2.24. The number of hydrogen-bond donors (Lipinski definition) is 1. The lowest BCUT2D eigenvalue weighted by Gasteiger charge is -2.18. The van der Waals surface area contributed by atoms with E-state index in [2.05, 4.69) is 15.5 Å². The molecule has 0 saturated carbocycles. The van der Waals surface area contributed by atoms with Gasteiger partial charge in [-0.25, -0.2) is 12.8 Å². The maximum absolute atomic E-state index is 13.9. The maximum Gasteiger partial charge on any atom is 0.244 e. The molecule has 1 atom stereocenters. The number of rotatable bonds is 8. The van der Waals surface area contributed by atoms with E-state index < -0.39 is 27.0 Å². The summed E-state index contributed by atoms with van der Waals surface area (Å²) in [5, 5.41) is 10.5. The smallest absolute Gasteiger partial charge is 0.244 e. The van der Waals surface area contributed by atoms with E-state index in [1.54, 1.807) is 26.8 Å². The van der Waals surface area contributed by atoms with Crippen LogP contribution in [0.1, 0.15) is 20.8 Å². The van der Waals surface area contributed by atoms with Crippen LogP contribution in [0.5, 0.6) is 0 Å². The van der Waals surface area contributed by atoms with E-state index in [1.165, 1.54) is 33.1 Å². The van der Waals surface area contributed by atoms with Gasteiger partial charge in [0.1, 0.15) is 5.82 Å². The molecule has 0 aliphatic heterocycles. The zero-order valence-electron chi connectivity index (χ0n) is 17.0. The Morgan fingerprint density at radius 2 is 1.97 bits per heavy atom. The second kappa shape index (κ2) is 9.51. The van der Waals surface area contributed by atoms with Gasteiger partial charge in [-0.1, -0.05) is 37.2 Å². The summed E-state index contributed by atoms with van der Waals surface area (Å²) in [6.45, 7) is 5.86. The predicted molar refractivity (Wildman–Crippen MR) is 118 cm³/mol. The highest BCUT2D eigenvalue weighted by molar-refractivity contribution is 8.00. The fourth-order valence-electron chi connectivity index (χ4n) is 2.83. The summed E-state index contributed by atoms with van der Waals surface area (Å²) in [7, 11) is -3.67. The number of hydrogen-bond acceptors (Lipinski definition) is 6. The van der Waals surface area contributed by atoms with Gasteiger partial charge in [0.2, 0.25) is 15.9 Å². The summed E-state index contributed by atoms with van der Waals surface area (Å²) in [6.07, 6.45) is 1.44. The topological polar surface area (TPSA) is 96.7 Å². The zero-order chi connectivity index (χ0) is 22.8. The van der Waals surface area contributed by atoms with Crippen LogP contribution in [0.2, 0.25) is 5.02 Å². The van der Waals surface area contributed by atoms with E-state index in [0.717, 1.165) is 17.8 Å². The summed E-state index contributed by atoms with van der Waals surface area (Å²) < 4.78 is 42.5. The lowest BCUT2D eigenvalue weighted by molar-refractivity contribution is -0.115. The number of nitrogens with zero attached hydrogens (tertiary/aromatic N) is 4. The Balaban J connectivity index is 1.83. The van der Waals surface area contributed by atoms with Crippen molar-refractivity contribution in [3.63, 3.8) is 0 Å². The number of thioether (sulfide) groups is 1. The van der Waals surface area contributed by atoms with Gasteiger partial charge in [-0.05, 0) is 37.3 Å². The molecule has 1 aromatic carbocycles. The van der Waals surface area contributed by atoms with Gasteiger partial charge < -0.3 is 5.32 Å². The number of sulfonamides is 1. The van der Waals surface area contributed by atoms with Crippen molar-refractivity contribution in [2.75, 3.05) is 18.4 Å². The number of pyridine rings is 1. The van der Waals surface area contributed by atoms with Crippen molar-refractivity contribution < 1.29 is 17.6 Å². The van der Waals surface area contributed by atoms with Gasteiger partial charge in [0.05, 0.1) is 15.8 Å². The first kappa shape index (κ1) is 23.5. The van der Waals surface area contributed by atoms with E-state index in [-0.39, 0.29) is 15.6 Å². The Hall–Kier alpha value is -2.21. The normalized spacial score (nSPS) is 13.0. The van der Waals surface area contributed by atoms with Crippen LogP contribution in [0.15, 0.2) is 46.6 Å². The van der Waals surface area contributed by atoms with E-state index in [1.807, 2.05) is 0 Å². The predicted octanol–water partition coefficient (Wildman–Crippen LogP) is 3.67. The molecule has 0 fully saturated rings. The molecule has 3 rings (SSSR count). The summed E-state index contributed by atoms with van der Waals surface area (Å²) in [4.78, 5) is 12.6. The number of amides is 1. The van der Waals surface area contributed by atoms with Crippen LogP contribution in [0.25, 0.3) is 5.65 Å². The molecule has 1 amide bonds. The third-order valence-electron chi connectivity index (χ3n) is 4.53.